The number of benzene rings is 2. The van der Waals surface area contributed by atoms with E-state index < -0.39 is 0 Å². The fourth-order valence-corrected chi connectivity index (χ4v) is 2.53. The topological polar surface area (TPSA) is 49.4 Å². The summed E-state index contributed by atoms with van der Waals surface area (Å²) >= 11 is 3.44. The van der Waals surface area contributed by atoms with Crippen LogP contribution in [0.4, 0.5) is 5.69 Å². The van der Waals surface area contributed by atoms with Crippen LogP contribution in [0.5, 0.6) is 0 Å². The maximum absolute atomic E-state index is 12.2. The Labute approximate surface area is 151 Å². The van der Waals surface area contributed by atoms with Gasteiger partial charge < -0.3 is 10.2 Å². The molecular weight excluding hydrogens is 368 g/mol. The van der Waals surface area contributed by atoms with E-state index in [-0.39, 0.29) is 18.4 Å². The number of rotatable bonds is 5. The van der Waals surface area contributed by atoms with Gasteiger partial charge in [-0.15, -0.1) is 0 Å². The SMILES string of the molecule is CC(=O)N(CC(=O)NCc1ccc(C)cc1)c1ccc(Br)c(C)c1. The number of carbonyl (C=O) groups is 2. The highest BCUT2D eigenvalue weighted by atomic mass is 79.9. The predicted molar refractivity (Wildman–Crippen MR) is 99.9 cm³/mol. The summed E-state index contributed by atoms with van der Waals surface area (Å²) in [6, 6.07) is 13.6. The molecule has 2 amide bonds. The summed E-state index contributed by atoms with van der Waals surface area (Å²) in [6.07, 6.45) is 0. The third-order valence-electron chi connectivity index (χ3n) is 3.75. The fourth-order valence-electron chi connectivity index (χ4n) is 2.29. The van der Waals surface area contributed by atoms with Crippen molar-refractivity contribution in [1.82, 2.24) is 5.32 Å². The normalized spacial score (nSPS) is 10.3. The monoisotopic (exact) mass is 388 g/mol. The smallest absolute Gasteiger partial charge is 0.240 e. The molecule has 0 unspecified atom stereocenters. The molecule has 0 fully saturated rings. The van der Waals surface area contributed by atoms with E-state index in [1.165, 1.54) is 17.4 Å². The molecule has 1 N–H and O–H groups in total. The Bertz CT molecular complexity index is 742. The van der Waals surface area contributed by atoms with Crippen LogP contribution in [0, 0.1) is 13.8 Å². The first kappa shape index (κ1) is 18.2. The van der Waals surface area contributed by atoms with E-state index >= 15 is 0 Å². The van der Waals surface area contributed by atoms with Crippen LogP contribution in [0.1, 0.15) is 23.6 Å². The molecule has 0 atom stereocenters. The second-order valence-electron chi connectivity index (χ2n) is 5.80. The molecule has 24 heavy (non-hydrogen) atoms. The molecule has 4 nitrogen and oxygen atoms in total. The molecular formula is C19H21BrN2O2. The highest BCUT2D eigenvalue weighted by molar-refractivity contribution is 9.10. The first-order valence-electron chi connectivity index (χ1n) is 7.73. The predicted octanol–water partition coefficient (Wildman–Crippen LogP) is 3.74. The summed E-state index contributed by atoms with van der Waals surface area (Å²) in [7, 11) is 0. The summed E-state index contributed by atoms with van der Waals surface area (Å²) in [4.78, 5) is 25.6. The van der Waals surface area contributed by atoms with Gasteiger partial charge >= 0.3 is 0 Å². The Kier molecular flexibility index (Phi) is 6.15. The van der Waals surface area contributed by atoms with Crippen molar-refractivity contribution in [2.45, 2.75) is 27.3 Å². The zero-order chi connectivity index (χ0) is 17.7. The highest BCUT2D eigenvalue weighted by Gasteiger charge is 2.16. The van der Waals surface area contributed by atoms with E-state index in [1.54, 1.807) is 0 Å². The van der Waals surface area contributed by atoms with Gasteiger partial charge in [-0.25, -0.2) is 0 Å². The molecule has 0 saturated carbocycles. The standard InChI is InChI=1S/C19H21BrN2O2/c1-13-4-6-16(7-5-13)11-21-19(24)12-22(15(3)23)17-8-9-18(20)14(2)10-17/h4-10H,11-12H2,1-3H3,(H,21,24). The number of hydrogen-bond donors (Lipinski definition) is 1. The Morgan fingerprint density at radius 2 is 1.75 bits per heavy atom. The zero-order valence-electron chi connectivity index (χ0n) is 14.1. The summed E-state index contributed by atoms with van der Waals surface area (Å²) in [6.45, 7) is 5.88. The minimum Gasteiger partial charge on any atom is -0.350 e. The summed E-state index contributed by atoms with van der Waals surface area (Å²) in [5.41, 5.74) is 3.94. The number of hydrogen-bond acceptors (Lipinski definition) is 2. The van der Waals surface area contributed by atoms with Crippen molar-refractivity contribution in [3.05, 3.63) is 63.6 Å². The molecule has 0 radical (unpaired) electrons. The summed E-state index contributed by atoms with van der Waals surface area (Å²) in [5.74, 6) is -0.353. The van der Waals surface area contributed by atoms with E-state index in [2.05, 4.69) is 21.2 Å². The molecule has 0 bridgehead atoms. The van der Waals surface area contributed by atoms with Crippen molar-refractivity contribution >= 4 is 33.4 Å². The van der Waals surface area contributed by atoms with E-state index in [0.29, 0.717) is 12.2 Å². The van der Waals surface area contributed by atoms with E-state index in [4.69, 9.17) is 0 Å². The van der Waals surface area contributed by atoms with Crippen LogP contribution in [-0.2, 0) is 16.1 Å². The first-order chi connectivity index (χ1) is 11.4. The lowest BCUT2D eigenvalue weighted by Crippen LogP contribution is -2.39. The Hall–Kier alpha value is -2.14. The summed E-state index contributed by atoms with van der Waals surface area (Å²) < 4.78 is 0.971. The second-order valence-corrected chi connectivity index (χ2v) is 6.66. The lowest BCUT2D eigenvalue weighted by molar-refractivity contribution is -0.123. The van der Waals surface area contributed by atoms with Crippen molar-refractivity contribution < 1.29 is 9.59 Å². The quantitative estimate of drug-likeness (QED) is 0.847. The minimum atomic E-state index is -0.189. The van der Waals surface area contributed by atoms with Crippen LogP contribution >= 0.6 is 15.9 Å². The van der Waals surface area contributed by atoms with Crippen molar-refractivity contribution in [3.8, 4) is 0 Å². The molecule has 2 aromatic rings. The fraction of sp³-hybridized carbons (Fsp3) is 0.263. The van der Waals surface area contributed by atoms with Crippen LogP contribution < -0.4 is 10.2 Å². The van der Waals surface area contributed by atoms with Crippen LogP contribution in [0.25, 0.3) is 0 Å². The number of halogens is 1. The maximum atomic E-state index is 12.2. The van der Waals surface area contributed by atoms with E-state index in [9.17, 15) is 9.59 Å². The molecule has 0 aliphatic rings. The Balaban J connectivity index is 2.01. The van der Waals surface area contributed by atoms with Crippen LogP contribution in [-0.4, -0.2) is 18.4 Å². The highest BCUT2D eigenvalue weighted by Crippen LogP contribution is 2.23. The first-order valence-corrected chi connectivity index (χ1v) is 8.52. The van der Waals surface area contributed by atoms with Crippen LogP contribution in [0.2, 0.25) is 0 Å². The third-order valence-corrected chi connectivity index (χ3v) is 4.64. The molecule has 126 valence electrons. The molecule has 0 saturated heterocycles. The summed E-state index contributed by atoms with van der Waals surface area (Å²) in [5, 5.41) is 2.86. The molecule has 0 heterocycles. The number of nitrogens with one attached hydrogen (secondary N) is 1. The third kappa shape index (κ3) is 4.93. The molecule has 0 spiro atoms. The Morgan fingerprint density at radius 3 is 2.33 bits per heavy atom. The van der Waals surface area contributed by atoms with Gasteiger partial charge in [-0.2, -0.15) is 0 Å². The molecule has 0 aliphatic heterocycles. The van der Waals surface area contributed by atoms with Crippen molar-refractivity contribution in [1.29, 1.82) is 0 Å². The lowest BCUT2D eigenvalue weighted by atomic mass is 10.1. The van der Waals surface area contributed by atoms with Gasteiger partial charge in [0, 0.05) is 23.6 Å². The average molecular weight is 389 g/mol. The van der Waals surface area contributed by atoms with Gasteiger partial charge in [0.15, 0.2) is 0 Å². The maximum Gasteiger partial charge on any atom is 0.240 e. The number of anilines is 1. The number of carbonyl (C=O) groups excluding carboxylic acids is 2. The number of amides is 2. The largest absolute Gasteiger partial charge is 0.350 e. The number of aryl methyl sites for hydroxylation is 2. The van der Waals surface area contributed by atoms with Gasteiger partial charge in [0.25, 0.3) is 0 Å². The average Bonchev–Trinajstić information content (AvgIpc) is 2.54. The van der Waals surface area contributed by atoms with Crippen molar-refractivity contribution in [2.75, 3.05) is 11.4 Å². The minimum absolute atomic E-state index is 0.00225. The molecule has 2 aromatic carbocycles. The van der Waals surface area contributed by atoms with Gasteiger partial charge in [-0.05, 0) is 43.2 Å². The van der Waals surface area contributed by atoms with Gasteiger partial charge in [0.1, 0.15) is 6.54 Å². The van der Waals surface area contributed by atoms with Gasteiger partial charge in [-0.1, -0.05) is 45.8 Å². The van der Waals surface area contributed by atoms with Gasteiger partial charge in [-0.3, -0.25) is 9.59 Å². The molecule has 5 heteroatoms. The van der Waals surface area contributed by atoms with Crippen molar-refractivity contribution in [3.63, 3.8) is 0 Å². The molecule has 2 rings (SSSR count). The molecule has 0 aromatic heterocycles. The van der Waals surface area contributed by atoms with Crippen molar-refractivity contribution in [2.24, 2.45) is 0 Å². The molecule has 0 aliphatic carbocycles. The van der Waals surface area contributed by atoms with Gasteiger partial charge in [0.2, 0.25) is 11.8 Å². The second kappa shape index (κ2) is 8.11. The van der Waals surface area contributed by atoms with Gasteiger partial charge in [0.05, 0.1) is 0 Å². The van der Waals surface area contributed by atoms with E-state index in [0.717, 1.165) is 15.6 Å². The van der Waals surface area contributed by atoms with E-state index in [1.807, 2.05) is 56.3 Å². The zero-order valence-corrected chi connectivity index (χ0v) is 15.7. The van der Waals surface area contributed by atoms with Crippen LogP contribution in [0.3, 0.4) is 0 Å². The lowest BCUT2D eigenvalue weighted by Gasteiger charge is -2.21. The Morgan fingerprint density at radius 1 is 1.08 bits per heavy atom. The van der Waals surface area contributed by atoms with Crippen LogP contribution in [0.15, 0.2) is 46.9 Å². The number of nitrogens with zero attached hydrogens (tertiary/aromatic N) is 1.